The molecular weight excluding hydrogens is 309 g/mol. The van der Waals surface area contributed by atoms with Gasteiger partial charge >= 0.3 is 0 Å². The van der Waals surface area contributed by atoms with Crippen molar-refractivity contribution in [3.8, 4) is 0 Å². The van der Waals surface area contributed by atoms with Gasteiger partial charge in [-0.05, 0) is 24.1 Å². The molecule has 21 heavy (non-hydrogen) atoms. The number of aromatic nitrogens is 2. The van der Waals surface area contributed by atoms with Crippen molar-refractivity contribution in [2.75, 3.05) is 5.88 Å². The van der Waals surface area contributed by atoms with Crippen LogP contribution in [0.2, 0.25) is 5.02 Å². The highest BCUT2D eigenvalue weighted by Crippen LogP contribution is 2.22. The number of nitrogens with zero attached hydrogens (tertiary/aromatic N) is 2. The van der Waals surface area contributed by atoms with Gasteiger partial charge in [0.05, 0.1) is 0 Å². The predicted octanol–water partition coefficient (Wildman–Crippen LogP) is 3.30. The number of alkyl halides is 1. The summed E-state index contributed by atoms with van der Waals surface area (Å²) in [5.74, 6) is 1.21. The molecule has 1 amide bonds. The van der Waals surface area contributed by atoms with Crippen LogP contribution in [0.3, 0.4) is 0 Å². The van der Waals surface area contributed by atoms with Crippen LogP contribution in [-0.4, -0.2) is 21.3 Å². The number of amides is 1. The smallest absolute Gasteiger partial charge is 0.220 e. The largest absolute Gasteiger partial charge is 0.342 e. The summed E-state index contributed by atoms with van der Waals surface area (Å²) in [5.41, 5.74) is 0.938. The van der Waals surface area contributed by atoms with E-state index in [9.17, 15) is 4.79 Å². The van der Waals surface area contributed by atoms with Gasteiger partial charge in [0.1, 0.15) is 11.9 Å². The number of imidazole rings is 1. The quantitative estimate of drug-likeness (QED) is 0.828. The number of carbonyl (C=O) groups is 1. The second kappa shape index (κ2) is 7.48. The molecule has 0 aliphatic heterocycles. The van der Waals surface area contributed by atoms with E-state index in [1.807, 2.05) is 29.9 Å². The van der Waals surface area contributed by atoms with Gasteiger partial charge in [-0.3, -0.25) is 4.79 Å². The van der Waals surface area contributed by atoms with Gasteiger partial charge in [0.25, 0.3) is 0 Å². The lowest BCUT2D eigenvalue weighted by atomic mass is 10.1. The van der Waals surface area contributed by atoms with Crippen molar-refractivity contribution in [1.29, 1.82) is 0 Å². The molecule has 1 N–H and O–H groups in total. The van der Waals surface area contributed by atoms with E-state index >= 15 is 0 Å². The number of carbonyl (C=O) groups excluding carboxylic acids is 1. The van der Waals surface area contributed by atoms with Crippen LogP contribution in [0.4, 0.5) is 0 Å². The van der Waals surface area contributed by atoms with Crippen LogP contribution in [0.5, 0.6) is 0 Å². The summed E-state index contributed by atoms with van der Waals surface area (Å²) in [5, 5.41) is 3.66. The van der Waals surface area contributed by atoms with Crippen LogP contribution in [0, 0.1) is 0 Å². The minimum atomic E-state index is -0.301. The third-order valence-corrected chi connectivity index (χ3v) is 3.68. The number of hydrogen-bond acceptors (Lipinski definition) is 2. The van der Waals surface area contributed by atoms with E-state index < -0.39 is 0 Å². The number of rotatable bonds is 6. The maximum Gasteiger partial charge on any atom is 0.220 e. The zero-order valence-corrected chi connectivity index (χ0v) is 13.2. The summed E-state index contributed by atoms with van der Waals surface area (Å²) in [6.45, 7) is 0. The molecule has 0 bridgehead atoms. The fourth-order valence-corrected chi connectivity index (χ4v) is 2.33. The molecule has 1 unspecified atom stereocenters. The number of halogens is 2. The highest BCUT2D eigenvalue weighted by atomic mass is 35.5. The molecule has 0 aliphatic rings. The Hall–Kier alpha value is -1.52. The second-order valence-electron chi connectivity index (χ2n) is 4.74. The molecule has 0 fully saturated rings. The van der Waals surface area contributed by atoms with Gasteiger partial charge in [-0.15, -0.1) is 11.6 Å². The highest BCUT2D eigenvalue weighted by molar-refractivity contribution is 6.30. The molecule has 112 valence electrons. The molecule has 4 nitrogen and oxygen atoms in total. The van der Waals surface area contributed by atoms with Crippen molar-refractivity contribution in [2.45, 2.75) is 18.9 Å². The first-order valence-corrected chi connectivity index (χ1v) is 7.61. The molecule has 2 aromatic rings. The van der Waals surface area contributed by atoms with Gasteiger partial charge in [0.15, 0.2) is 0 Å². The highest BCUT2D eigenvalue weighted by Gasteiger charge is 2.20. The number of hydrogen-bond donors (Lipinski definition) is 1. The average Bonchev–Trinajstić information content (AvgIpc) is 2.89. The Bertz CT molecular complexity index is 595. The zero-order valence-electron chi connectivity index (χ0n) is 11.7. The van der Waals surface area contributed by atoms with Crippen LogP contribution < -0.4 is 5.32 Å². The SMILES string of the molecule is Cn1ccnc1C(NC(=O)CCCCl)c1ccc(Cl)cc1. The number of aryl methyl sites for hydroxylation is 1. The molecule has 0 spiro atoms. The minimum Gasteiger partial charge on any atom is -0.342 e. The molecule has 1 heterocycles. The van der Waals surface area contributed by atoms with Gasteiger partial charge in [-0.1, -0.05) is 23.7 Å². The standard InChI is InChI=1S/C15H17Cl2N3O/c1-20-10-9-18-15(20)14(19-13(21)3-2-8-16)11-4-6-12(17)7-5-11/h4-7,9-10,14H,2-3,8H2,1H3,(H,19,21). The molecule has 1 atom stereocenters. The van der Waals surface area contributed by atoms with Crippen molar-refractivity contribution in [3.63, 3.8) is 0 Å². The fourth-order valence-electron chi connectivity index (χ4n) is 2.07. The fraction of sp³-hybridized carbons (Fsp3) is 0.333. The van der Waals surface area contributed by atoms with Crippen molar-refractivity contribution < 1.29 is 4.79 Å². The van der Waals surface area contributed by atoms with E-state index in [4.69, 9.17) is 23.2 Å². The first-order valence-electron chi connectivity index (χ1n) is 6.70. The average molecular weight is 326 g/mol. The summed E-state index contributed by atoms with van der Waals surface area (Å²) in [6, 6.07) is 7.09. The Morgan fingerprint density at radius 1 is 1.38 bits per heavy atom. The van der Waals surface area contributed by atoms with Crippen LogP contribution in [0.1, 0.15) is 30.3 Å². The van der Waals surface area contributed by atoms with E-state index in [-0.39, 0.29) is 11.9 Å². The van der Waals surface area contributed by atoms with Crippen LogP contribution in [0.25, 0.3) is 0 Å². The zero-order chi connectivity index (χ0) is 15.2. The molecule has 0 radical (unpaired) electrons. The van der Waals surface area contributed by atoms with Crippen LogP contribution in [-0.2, 0) is 11.8 Å². The van der Waals surface area contributed by atoms with E-state index in [0.29, 0.717) is 23.7 Å². The van der Waals surface area contributed by atoms with Crippen molar-refractivity contribution in [2.24, 2.45) is 7.05 Å². The Kier molecular flexibility index (Phi) is 5.65. The number of benzene rings is 1. The van der Waals surface area contributed by atoms with Crippen LogP contribution in [0.15, 0.2) is 36.7 Å². The maximum absolute atomic E-state index is 12.0. The number of nitrogens with one attached hydrogen (secondary N) is 1. The molecular formula is C15H17Cl2N3O. The minimum absolute atomic E-state index is 0.0430. The maximum atomic E-state index is 12.0. The van der Waals surface area contributed by atoms with Gasteiger partial charge in [-0.2, -0.15) is 0 Å². The monoisotopic (exact) mass is 325 g/mol. The molecule has 6 heteroatoms. The molecule has 1 aromatic heterocycles. The van der Waals surface area contributed by atoms with E-state index in [1.165, 1.54) is 0 Å². The topological polar surface area (TPSA) is 46.9 Å². The normalized spacial score (nSPS) is 12.1. The lowest BCUT2D eigenvalue weighted by molar-refractivity contribution is -0.121. The van der Waals surface area contributed by atoms with Crippen molar-refractivity contribution in [3.05, 3.63) is 53.1 Å². The lowest BCUT2D eigenvalue weighted by Crippen LogP contribution is -2.31. The summed E-state index contributed by atoms with van der Waals surface area (Å²) in [6.07, 6.45) is 4.62. The molecule has 0 saturated carbocycles. The van der Waals surface area contributed by atoms with Gasteiger partial charge in [0, 0.05) is 36.8 Å². The second-order valence-corrected chi connectivity index (χ2v) is 5.56. The third kappa shape index (κ3) is 4.22. The summed E-state index contributed by atoms with van der Waals surface area (Å²) < 4.78 is 1.89. The summed E-state index contributed by atoms with van der Waals surface area (Å²) >= 11 is 11.6. The van der Waals surface area contributed by atoms with E-state index in [2.05, 4.69) is 10.3 Å². The lowest BCUT2D eigenvalue weighted by Gasteiger charge is -2.19. The molecule has 2 rings (SSSR count). The van der Waals surface area contributed by atoms with E-state index in [0.717, 1.165) is 11.4 Å². The van der Waals surface area contributed by atoms with Gasteiger partial charge in [0.2, 0.25) is 5.91 Å². The molecule has 0 aliphatic carbocycles. The predicted molar refractivity (Wildman–Crippen MR) is 84.6 cm³/mol. The van der Waals surface area contributed by atoms with Crippen molar-refractivity contribution >= 4 is 29.1 Å². The summed E-state index contributed by atoms with van der Waals surface area (Å²) in [4.78, 5) is 16.4. The Morgan fingerprint density at radius 2 is 2.10 bits per heavy atom. The summed E-state index contributed by atoms with van der Waals surface area (Å²) in [7, 11) is 1.90. The Morgan fingerprint density at radius 3 is 2.67 bits per heavy atom. The Balaban J connectivity index is 2.25. The van der Waals surface area contributed by atoms with Crippen LogP contribution >= 0.6 is 23.2 Å². The first kappa shape index (κ1) is 15.9. The first-order chi connectivity index (χ1) is 10.1. The molecule has 1 aromatic carbocycles. The Labute approximate surface area is 134 Å². The third-order valence-electron chi connectivity index (χ3n) is 3.16. The van der Waals surface area contributed by atoms with E-state index in [1.54, 1.807) is 18.3 Å². The van der Waals surface area contributed by atoms with Gasteiger partial charge in [-0.25, -0.2) is 4.98 Å². The van der Waals surface area contributed by atoms with Gasteiger partial charge < -0.3 is 9.88 Å². The van der Waals surface area contributed by atoms with Crippen molar-refractivity contribution in [1.82, 2.24) is 14.9 Å². The molecule has 0 saturated heterocycles.